The minimum absolute atomic E-state index is 0.588. The molecule has 0 aliphatic carbocycles. The number of hydrogen-bond acceptors (Lipinski definition) is 3. The van der Waals surface area contributed by atoms with Crippen LogP contribution in [0.5, 0.6) is 0 Å². The Balaban J connectivity index is 2.45. The van der Waals surface area contributed by atoms with Crippen molar-refractivity contribution in [1.29, 1.82) is 0 Å². The number of rotatable bonds is 6. The van der Waals surface area contributed by atoms with E-state index < -0.39 is 0 Å². The van der Waals surface area contributed by atoms with Crippen LogP contribution in [0.3, 0.4) is 0 Å². The summed E-state index contributed by atoms with van der Waals surface area (Å²) in [5.41, 5.74) is 5.90. The molecule has 1 rings (SSSR count). The lowest BCUT2D eigenvalue weighted by molar-refractivity contribution is 0.0595. The Morgan fingerprint density at radius 1 is 1.50 bits per heavy atom. The first-order chi connectivity index (χ1) is 7.72. The fourth-order valence-corrected chi connectivity index (χ4v) is 2.79. The number of likely N-dealkylation sites (tertiary alicyclic amines) is 1. The molecule has 0 saturated carbocycles. The first kappa shape index (κ1) is 13.9. The SMILES string of the molecule is CCC1CCN(C(C)CCOC)C(CN)C1. The molecule has 1 aliphatic rings. The largest absolute Gasteiger partial charge is 0.385 e. The Morgan fingerprint density at radius 2 is 2.25 bits per heavy atom. The summed E-state index contributed by atoms with van der Waals surface area (Å²) in [7, 11) is 1.77. The number of ether oxygens (including phenoxy) is 1. The molecule has 0 aromatic carbocycles. The van der Waals surface area contributed by atoms with Gasteiger partial charge in [0, 0.05) is 32.3 Å². The van der Waals surface area contributed by atoms with E-state index in [0.29, 0.717) is 12.1 Å². The van der Waals surface area contributed by atoms with Gasteiger partial charge in [0.2, 0.25) is 0 Å². The predicted octanol–water partition coefficient (Wildman–Crippen LogP) is 1.86. The van der Waals surface area contributed by atoms with Crippen LogP contribution in [-0.2, 0) is 4.74 Å². The molecule has 1 saturated heterocycles. The minimum atomic E-state index is 0.588. The Kier molecular flexibility index (Phi) is 6.32. The fourth-order valence-electron chi connectivity index (χ4n) is 2.79. The van der Waals surface area contributed by atoms with Crippen molar-refractivity contribution in [2.24, 2.45) is 11.7 Å². The van der Waals surface area contributed by atoms with Gasteiger partial charge in [0.05, 0.1) is 0 Å². The molecular weight excluding hydrogens is 200 g/mol. The summed E-state index contributed by atoms with van der Waals surface area (Å²) in [6, 6.07) is 1.19. The van der Waals surface area contributed by atoms with E-state index in [4.69, 9.17) is 10.5 Å². The highest BCUT2D eigenvalue weighted by Gasteiger charge is 2.29. The molecule has 0 aromatic heterocycles. The number of hydrogen-bond donors (Lipinski definition) is 1. The summed E-state index contributed by atoms with van der Waals surface area (Å²) in [4.78, 5) is 2.59. The summed E-state index contributed by atoms with van der Waals surface area (Å²) in [6.07, 6.45) is 5.04. The molecule has 0 amide bonds. The summed E-state index contributed by atoms with van der Waals surface area (Å²) in [5.74, 6) is 0.888. The van der Waals surface area contributed by atoms with Gasteiger partial charge in [0.1, 0.15) is 0 Å². The highest BCUT2D eigenvalue weighted by atomic mass is 16.5. The maximum atomic E-state index is 5.90. The standard InChI is InChI=1S/C13H28N2O/c1-4-12-5-7-15(13(9-12)10-14)11(2)6-8-16-3/h11-13H,4-10,14H2,1-3H3. The molecule has 3 atom stereocenters. The van der Waals surface area contributed by atoms with Crippen molar-refractivity contribution >= 4 is 0 Å². The first-order valence-corrected chi connectivity index (χ1v) is 6.67. The van der Waals surface area contributed by atoms with Crippen LogP contribution in [0, 0.1) is 5.92 Å². The zero-order valence-electron chi connectivity index (χ0n) is 11.1. The van der Waals surface area contributed by atoms with Crippen molar-refractivity contribution < 1.29 is 4.74 Å². The number of piperidine rings is 1. The van der Waals surface area contributed by atoms with E-state index in [2.05, 4.69) is 18.7 Å². The van der Waals surface area contributed by atoms with Crippen molar-refractivity contribution in [2.45, 2.75) is 51.6 Å². The van der Waals surface area contributed by atoms with Gasteiger partial charge in [-0.3, -0.25) is 4.90 Å². The fraction of sp³-hybridized carbons (Fsp3) is 1.00. The van der Waals surface area contributed by atoms with E-state index in [-0.39, 0.29) is 0 Å². The Bertz CT molecular complexity index is 187. The molecule has 0 bridgehead atoms. The van der Waals surface area contributed by atoms with Crippen LogP contribution in [0.2, 0.25) is 0 Å². The van der Waals surface area contributed by atoms with E-state index in [0.717, 1.165) is 25.5 Å². The third-order valence-electron chi connectivity index (χ3n) is 4.03. The maximum absolute atomic E-state index is 5.90. The minimum Gasteiger partial charge on any atom is -0.385 e. The second kappa shape index (κ2) is 7.25. The third-order valence-corrected chi connectivity index (χ3v) is 4.03. The van der Waals surface area contributed by atoms with Crippen molar-refractivity contribution in [3.05, 3.63) is 0 Å². The summed E-state index contributed by atoms with van der Waals surface area (Å²) < 4.78 is 5.16. The zero-order valence-corrected chi connectivity index (χ0v) is 11.1. The van der Waals surface area contributed by atoms with E-state index in [1.165, 1.54) is 25.8 Å². The van der Waals surface area contributed by atoms with Crippen LogP contribution in [-0.4, -0.2) is 43.8 Å². The summed E-state index contributed by atoms with van der Waals surface area (Å²) in [6.45, 7) is 7.46. The lowest BCUT2D eigenvalue weighted by Crippen LogP contribution is -2.50. The van der Waals surface area contributed by atoms with Crippen LogP contribution in [0.15, 0.2) is 0 Å². The number of nitrogens with two attached hydrogens (primary N) is 1. The normalized spacial score (nSPS) is 29.2. The van der Waals surface area contributed by atoms with Gasteiger partial charge in [-0.1, -0.05) is 13.3 Å². The summed E-state index contributed by atoms with van der Waals surface area (Å²) >= 11 is 0. The van der Waals surface area contributed by atoms with Gasteiger partial charge in [-0.15, -0.1) is 0 Å². The average molecular weight is 228 g/mol. The molecule has 3 nitrogen and oxygen atoms in total. The lowest BCUT2D eigenvalue weighted by Gasteiger charge is -2.42. The van der Waals surface area contributed by atoms with E-state index in [1.807, 2.05) is 0 Å². The second-order valence-electron chi connectivity index (χ2n) is 5.06. The second-order valence-corrected chi connectivity index (χ2v) is 5.06. The third kappa shape index (κ3) is 3.72. The van der Waals surface area contributed by atoms with E-state index in [1.54, 1.807) is 7.11 Å². The van der Waals surface area contributed by atoms with Crippen molar-refractivity contribution in [2.75, 3.05) is 26.8 Å². The topological polar surface area (TPSA) is 38.5 Å². The van der Waals surface area contributed by atoms with Gasteiger partial charge in [0.15, 0.2) is 0 Å². The molecule has 2 N–H and O–H groups in total. The first-order valence-electron chi connectivity index (χ1n) is 6.67. The molecule has 1 aliphatic heterocycles. The molecular formula is C13H28N2O. The zero-order chi connectivity index (χ0) is 12.0. The number of methoxy groups -OCH3 is 1. The lowest BCUT2D eigenvalue weighted by atomic mass is 9.88. The van der Waals surface area contributed by atoms with Gasteiger partial charge in [-0.2, -0.15) is 0 Å². The molecule has 0 aromatic rings. The Hall–Kier alpha value is -0.120. The molecule has 3 unspecified atom stereocenters. The monoisotopic (exact) mass is 228 g/mol. The van der Waals surface area contributed by atoms with Crippen LogP contribution in [0.4, 0.5) is 0 Å². The van der Waals surface area contributed by atoms with Crippen molar-refractivity contribution in [1.82, 2.24) is 4.90 Å². The van der Waals surface area contributed by atoms with E-state index in [9.17, 15) is 0 Å². The summed E-state index contributed by atoms with van der Waals surface area (Å²) in [5, 5.41) is 0. The highest BCUT2D eigenvalue weighted by molar-refractivity contribution is 4.85. The van der Waals surface area contributed by atoms with E-state index >= 15 is 0 Å². The smallest absolute Gasteiger partial charge is 0.0477 e. The number of nitrogens with zero attached hydrogens (tertiary/aromatic N) is 1. The van der Waals surface area contributed by atoms with Gasteiger partial charge in [0.25, 0.3) is 0 Å². The highest BCUT2D eigenvalue weighted by Crippen LogP contribution is 2.27. The molecule has 0 radical (unpaired) electrons. The maximum Gasteiger partial charge on any atom is 0.0477 e. The van der Waals surface area contributed by atoms with Gasteiger partial charge < -0.3 is 10.5 Å². The van der Waals surface area contributed by atoms with Crippen LogP contribution < -0.4 is 5.73 Å². The van der Waals surface area contributed by atoms with Crippen molar-refractivity contribution in [3.8, 4) is 0 Å². The quantitative estimate of drug-likeness (QED) is 0.754. The molecule has 3 heteroatoms. The van der Waals surface area contributed by atoms with Gasteiger partial charge in [-0.25, -0.2) is 0 Å². The van der Waals surface area contributed by atoms with Gasteiger partial charge >= 0.3 is 0 Å². The molecule has 0 spiro atoms. The van der Waals surface area contributed by atoms with Crippen LogP contribution in [0.25, 0.3) is 0 Å². The molecule has 1 fully saturated rings. The van der Waals surface area contributed by atoms with Crippen LogP contribution in [0.1, 0.15) is 39.5 Å². The Labute approximate surface area is 100 Å². The van der Waals surface area contributed by atoms with Crippen molar-refractivity contribution in [3.63, 3.8) is 0 Å². The predicted molar refractivity (Wildman–Crippen MR) is 68.5 cm³/mol. The molecule has 96 valence electrons. The molecule has 16 heavy (non-hydrogen) atoms. The van der Waals surface area contributed by atoms with Gasteiger partial charge in [-0.05, 0) is 38.6 Å². The molecule has 1 heterocycles. The Morgan fingerprint density at radius 3 is 2.81 bits per heavy atom. The average Bonchev–Trinajstić information content (AvgIpc) is 2.34. The van der Waals surface area contributed by atoms with Crippen LogP contribution >= 0.6 is 0 Å².